The Morgan fingerprint density at radius 1 is 1.00 bits per heavy atom. The van der Waals surface area contributed by atoms with Gasteiger partial charge < -0.3 is 19.9 Å². The molecule has 8 bridgehead atoms. The van der Waals surface area contributed by atoms with Gasteiger partial charge >= 0.3 is 11.9 Å². The molecular formula is C35H35N5O6. The summed E-state index contributed by atoms with van der Waals surface area (Å²) in [5.74, 6) is -4.10. The number of rotatable bonds is 6. The number of nitrogens with zero attached hydrogens (tertiary/aromatic N) is 3. The van der Waals surface area contributed by atoms with Crippen LogP contribution in [-0.4, -0.2) is 53.9 Å². The van der Waals surface area contributed by atoms with Crippen LogP contribution in [0.1, 0.15) is 126 Å². The summed E-state index contributed by atoms with van der Waals surface area (Å²) >= 11 is 0. The Kier molecular flexibility index (Phi) is 7.50. The van der Waals surface area contributed by atoms with E-state index in [1.54, 1.807) is 13.0 Å². The van der Waals surface area contributed by atoms with Crippen molar-refractivity contribution in [3.8, 4) is 0 Å². The van der Waals surface area contributed by atoms with Crippen LogP contribution in [0.2, 0.25) is 0 Å². The van der Waals surface area contributed by atoms with Crippen molar-refractivity contribution in [1.82, 2.24) is 25.0 Å². The highest BCUT2D eigenvalue weighted by Crippen LogP contribution is 2.44. The van der Waals surface area contributed by atoms with Gasteiger partial charge in [0.25, 0.3) is 11.8 Å². The monoisotopic (exact) mass is 621 g/mol. The molecule has 0 aliphatic carbocycles. The summed E-state index contributed by atoms with van der Waals surface area (Å²) in [7, 11) is 0. The van der Waals surface area contributed by atoms with Gasteiger partial charge in [-0.3, -0.25) is 14.4 Å². The van der Waals surface area contributed by atoms with Crippen molar-refractivity contribution in [2.45, 2.75) is 72.6 Å². The average molecular weight is 622 g/mol. The Morgan fingerprint density at radius 3 is 2.33 bits per heavy atom. The molecule has 0 radical (unpaired) electrons. The Morgan fingerprint density at radius 2 is 1.67 bits per heavy atom. The normalized spacial score (nSPS) is 18.3. The van der Waals surface area contributed by atoms with Gasteiger partial charge in [-0.25, -0.2) is 14.8 Å². The number of hydrogen-bond donors (Lipinski definition) is 3. The summed E-state index contributed by atoms with van der Waals surface area (Å²) < 4.78 is 0. The Balaban J connectivity index is 1.81. The Bertz CT molecular complexity index is 2040. The van der Waals surface area contributed by atoms with Crippen LogP contribution >= 0.6 is 0 Å². The number of aromatic nitrogens is 4. The number of hydroxylamine groups is 2. The summed E-state index contributed by atoms with van der Waals surface area (Å²) in [6, 6.07) is 5.73. The molecule has 46 heavy (non-hydrogen) atoms. The van der Waals surface area contributed by atoms with Gasteiger partial charge in [-0.05, 0) is 74.1 Å². The van der Waals surface area contributed by atoms with Crippen molar-refractivity contribution >= 4 is 57.1 Å². The molecule has 2 aromatic rings. The van der Waals surface area contributed by atoms with E-state index in [1.807, 2.05) is 45.9 Å². The van der Waals surface area contributed by atoms with E-state index in [2.05, 4.69) is 16.5 Å². The highest BCUT2D eigenvalue weighted by molar-refractivity contribution is 6.23. The number of aliphatic carboxylic acids is 1. The van der Waals surface area contributed by atoms with Crippen LogP contribution in [0.4, 0.5) is 0 Å². The molecule has 3 N–H and O–H groups in total. The molecule has 11 heteroatoms. The van der Waals surface area contributed by atoms with Gasteiger partial charge in [-0.1, -0.05) is 31.6 Å². The van der Waals surface area contributed by atoms with Crippen LogP contribution in [-0.2, 0) is 14.4 Å². The Labute approximate surface area is 265 Å². The van der Waals surface area contributed by atoms with E-state index >= 15 is 0 Å². The fraction of sp³-hybridized carbons (Fsp3) is 0.314. The van der Waals surface area contributed by atoms with Crippen LogP contribution in [0, 0.1) is 6.92 Å². The SMILES string of the molecule is C=CC1=C(C)c2cc3[nH]c(c4c5[nH]c(cc6nc(cc1n2)C(C)=C6CC)c(C)c5C(=O)N(OC(C)=O)C4=O)C(CCC(=O)O)C3C. The lowest BCUT2D eigenvalue weighted by Crippen LogP contribution is -2.42. The van der Waals surface area contributed by atoms with E-state index in [4.69, 9.17) is 14.8 Å². The smallest absolute Gasteiger partial charge is 0.330 e. The van der Waals surface area contributed by atoms with E-state index in [9.17, 15) is 24.3 Å². The zero-order valence-corrected chi connectivity index (χ0v) is 26.6. The molecule has 2 atom stereocenters. The van der Waals surface area contributed by atoms with Gasteiger partial charge in [-0.2, -0.15) is 0 Å². The number of amides is 2. The van der Waals surface area contributed by atoms with Crippen molar-refractivity contribution in [1.29, 1.82) is 0 Å². The number of carboxylic acids is 1. The average Bonchev–Trinajstić information content (AvgIpc) is 3.67. The molecule has 236 valence electrons. The van der Waals surface area contributed by atoms with Gasteiger partial charge in [0, 0.05) is 47.7 Å². The molecule has 6 heterocycles. The molecule has 2 aromatic heterocycles. The first-order valence-corrected chi connectivity index (χ1v) is 15.3. The number of fused-ring (bicyclic) bond motifs is 8. The number of aryl methyl sites for hydroxylation is 1. The van der Waals surface area contributed by atoms with Crippen molar-refractivity contribution in [3.05, 3.63) is 81.7 Å². The van der Waals surface area contributed by atoms with Crippen molar-refractivity contribution in [3.63, 3.8) is 0 Å². The van der Waals surface area contributed by atoms with Gasteiger partial charge in [0.1, 0.15) is 0 Å². The predicted octanol–water partition coefficient (Wildman–Crippen LogP) is 6.63. The summed E-state index contributed by atoms with van der Waals surface area (Å²) in [6.45, 7) is 14.9. The highest BCUT2D eigenvalue weighted by Gasteiger charge is 2.42. The van der Waals surface area contributed by atoms with E-state index in [0.717, 1.165) is 46.3 Å². The van der Waals surface area contributed by atoms with Crippen molar-refractivity contribution in [2.24, 2.45) is 0 Å². The van der Waals surface area contributed by atoms with Crippen LogP contribution in [0.25, 0.3) is 33.3 Å². The van der Waals surface area contributed by atoms with Gasteiger partial charge in [0.05, 0.1) is 39.4 Å². The number of carbonyl (C=O) groups is 4. The third kappa shape index (κ3) is 4.74. The minimum atomic E-state index is -0.972. The number of nitrogens with one attached hydrogen (secondary N) is 2. The van der Waals surface area contributed by atoms with Gasteiger partial charge in [0.15, 0.2) is 0 Å². The van der Waals surface area contributed by atoms with E-state index in [0.29, 0.717) is 39.6 Å². The number of allylic oxidation sites excluding steroid dienone is 5. The fourth-order valence-corrected chi connectivity index (χ4v) is 6.85. The second-order valence-electron chi connectivity index (χ2n) is 12.0. The lowest BCUT2D eigenvalue weighted by molar-refractivity contribution is -0.166. The standard InChI is InChI=1S/C35H35N5O6/c1-8-20-15(3)23-12-25-17(5)22(10-11-29(42)43)32(38-25)31-33-30(34(44)40(35(31)45)46-19(7)41)18(6)26(39-33)14-28-21(9-2)16(4)24(37-28)13-27(20)36-23/h8,12-14,17,22,38-39H,1,9-11H2,2-7H3,(H,42,43). The lowest BCUT2D eigenvalue weighted by atomic mass is 9.84. The number of carboxylic acid groups (broad SMARTS) is 1. The molecule has 0 spiro atoms. The molecule has 4 aliphatic rings. The maximum Gasteiger partial charge on any atom is 0.330 e. The van der Waals surface area contributed by atoms with E-state index < -0.39 is 29.7 Å². The van der Waals surface area contributed by atoms with Crippen LogP contribution in [0.5, 0.6) is 0 Å². The van der Waals surface area contributed by atoms with Crippen LogP contribution in [0.3, 0.4) is 0 Å². The molecule has 0 saturated heterocycles. The largest absolute Gasteiger partial charge is 0.481 e. The minimum Gasteiger partial charge on any atom is -0.481 e. The van der Waals surface area contributed by atoms with Crippen molar-refractivity contribution < 1.29 is 29.1 Å². The number of carbonyl (C=O) groups excluding carboxylic acids is 3. The third-order valence-corrected chi connectivity index (χ3v) is 9.33. The summed E-state index contributed by atoms with van der Waals surface area (Å²) in [6.07, 6.45) is 2.55. The lowest BCUT2D eigenvalue weighted by Gasteiger charge is -2.25. The molecule has 2 unspecified atom stereocenters. The second-order valence-corrected chi connectivity index (χ2v) is 12.0. The summed E-state index contributed by atoms with van der Waals surface area (Å²) in [4.78, 5) is 73.6. The first-order chi connectivity index (χ1) is 21.9. The van der Waals surface area contributed by atoms with E-state index in [1.165, 1.54) is 0 Å². The summed E-state index contributed by atoms with van der Waals surface area (Å²) in [5.41, 5.74) is 9.57. The molecule has 4 aliphatic heterocycles. The van der Waals surface area contributed by atoms with Gasteiger partial charge in [0.2, 0.25) is 0 Å². The molecule has 0 saturated carbocycles. The zero-order chi connectivity index (χ0) is 33.2. The molecule has 11 nitrogen and oxygen atoms in total. The Hall–Kier alpha value is -5.32. The zero-order valence-electron chi connectivity index (χ0n) is 26.6. The van der Waals surface area contributed by atoms with Gasteiger partial charge in [-0.15, -0.1) is 0 Å². The first-order valence-electron chi connectivity index (χ1n) is 15.3. The number of hydrogen-bond acceptors (Lipinski definition) is 7. The van der Waals surface area contributed by atoms with Crippen molar-refractivity contribution in [2.75, 3.05) is 0 Å². The van der Waals surface area contributed by atoms with Crippen LogP contribution in [0.15, 0.2) is 30.9 Å². The van der Waals surface area contributed by atoms with Crippen LogP contribution < -0.4 is 0 Å². The molecule has 0 aromatic carbocycles. The van der Waals surface area contributed by atoms with E-state index in [-0.39, 0.29) is 35.4 Å². The molecular weight excluding hydrogens is 586 g/mol. The minimum absolute atomic E-state index is 0.104. The third-order valence-electron chi connectivity index (χ3n) is 9.33. The maximum atomic E-state index is 14.1. The fourth-order valence-electron chi connectivity index (χ4n) is 6.85. The predicted molar refractivity (Wildman–Crippen MR) is 173 cm³/mol. The number of imide groups is 1. The summed E-state index contributed by atoms with van der Waals surface area (Å²) in [5, 5.41) is 10.1. The second kappa shape index (κ2) is 11.2. The quantitative estimate of drug-likeness (QED) is 0.303. The topological polar surface area (TPSA) is 158 Å². The number of aromatic amines is 2. The first kappa shape index (κ1) is 30.7. The molecule has 6 rings (SSSR count). The number of H-pyrrole nitrogens is 2. The molecule has 2 amide bonds. The highest BCUT2D eigenvalue weighted by atomic mass is 16.7. The maximum absolute atomic E-state index is 14.1. The molecule has 0 fully saturated rings.